The highest BCUT2D eigenvalue weighted by Crippen LogP contribution is 2.32. The van der Waals surface area contributed by atoms with E-state index in [-0.39, 0.29) is 12.4 Å². The Bertz CT molecular complexity index is 1170. The van der Waals surface area contributed by atoms with E-state index < -0.39 is 31.0 Å². The van der Waals surface area contributed by atoms with Crippen molar-refractivity contribution < 1.29 is 22.3 Å². The fourth-order valence-corrected chi connectivity index (χ4v) is 4.61. The van der Waals surface area contributed by atoms with E-state index >= 15 is 0 Å². The Morgan fingerprint density at radius 1 is 1.10 bits per heavy atom. The molecule has 30 heavy (non-hydrogen) atoms. The number of nitrogens with zero attached hydrogens (tertiary/aromatic N) is 4. The molecule has 0 radical (unpaired) electrons. The lowest BCUT2D eigenvalue weighted by atomic mass is 10.2. The van der Waals surface area contributed by atoms with Gasteiger partial charge in [0.05, 0.1) is 20.8 Å². The van der Waals surface area contributed by atoms with Crippen molar-refractivity contribution in [1.29, 1.82) is 0 Å². The fourth-order valence-electron chi connectivity index (χ4n) is 2.59. The molecule has 3 rings (SSSR count). The van der Waals surface area contributed by atoms with E-state index in [1.807, 2.05) is 0 Å². The number of anilines is 1. The summed E-state index contributed by atoms with van der Waals surface area (Å²) in [5, 5.41) is -1.01. The van der Waals surface area contributed by atoms with Crippen LogP contribution in [0, 0.1) is 5.82 Å². The molecular weight excluding hydrogens is 458 g/mol. The minimum absolute atomic E-state index is 0.0364. The first-order valence-electron chi connectivity index (χ1n) is 8.29. The number of pyridine rings is 1. The van der Waals surface area contributed by atoms with E-state index in [9.17, 15) is 12.8 Å². The van der Waals surface area contributed by atoms with Crippen LogP contribution < -0.4 is 13.8 Å². The van der Waals surface area contributed by atoms with Gasteiger partial charge in [-0.15, -0.1) is 0 Å². The summed E-state index contributed by atoms with van der Waals surface area (Å²) in [4.78, 5) is 10.8. The minimum Gasteiger partial charge on any atom is -0.497 e. The lowest BCUT2D eigenvalue weighted by molar-refractivity contribution is 0.391. The predicted octanol–water partition coefficient (Wildman–Crippen LogP) is 3.73. The second-order valence-electron chi connectivity index (χ2n) is 5.81. The lowest BCUT2D eigenvalue weighted by Crippen LogP contribution is -2.32. The fraction of sp³-hybridized carbons (Fsp3) is 0.167. The number of rotatable bonds is 7. The van der Waals surface area contributed by atoms with Crippen LogP contribution in [0.2, 0.25) is 10.3 Å². The highest BCUT2D eigenvalue weighted by Gasteiger charge is 2.31. The van der Waals surface area contributed by atoms with Crippen molar-refractivity contribution in [3.8, 4) is 11.5 Å². The molecule has 8 nitrogen and oxygen atoms in total. The highest BCUT2D eigenvalue weighted by atomic mass is 35.5. The van der Waals surface area contributed by atoms with Crippen molar-refractivity contribution in [1.82, 2.24) is 15.0 Å². The van der Waals surface area contributed by atoms with Gasteiger partial charge in [-0.2, -0.15) is 0 Å². The molecule has 0 bridgehead atoms. The molecule has 0 spiro atoms. The highest BCUT2D eigenvalue weighted by molar-refractivity contribution is 7.92. The molecule has 3 aromatic rings. The predicted molar refractivity (Wildman–Crippen MR) is 109 cm³/mol. The van der Waals surface area contributed by atoms with Crippen LogP contribution in [0.15, 0.2) is 47.8 Å². The lowest BCUT2D eigenvalue weighted by Gasteiger charge is -2.24. The molecule has 12 heteroatoms. The van der Waals surface area contributed by atoms with Crippen LogP contribution >= 0.6 is 23.2 Å². The van der Waals surface area contributed by atoms with Crippen molar-refractivity contribution in [2.75, 3.05) is 18.5 Å². The number of halogens is 3. The van der Waals surface area contributed by atoms with Gasteiger partial charge in [0.25, 0.3) is 10.0 Å². The summed E-state index contributed by atoms with van der Waals surface area (Å²) in [5.41, 5.74) is 0.499. The van der Waals surface area contributed by atoms with Gasteiger partial charge in [0.15, 0.2) is 16.1 Å². The van der Waals surface area contributed by atoms with Gasteiger partial charge >= 0.3 is 0 Å². The summed E-state index contributed by atoms with van der Waals surface area (Å²) in [6.07, 6.45) is 2.56. The van der Waals surface area contributed by atoms with Gasteiger partial charge in [0, 0.05) is 30.0 Å². The second-order valence-corrected chi connectivity index (χ2v) is 8.35. The van der Waals surface area contributed by atoms with Crippen LogP contribution in [0.4, 0.5) is 10.2 Å². The Morgan fingerprint density at radius 3 is 2.50 bits per heavy atom. The molecule has 0 fully saturated rings. The van der Waals surface area contributed by atoms with Gasteiger partial charge in [-0.25, -0.2) is 32.1 Å². The standard InChI is InChI=1S/C18H15Cl2FN4O4S/c1-28-12-4-3-11(14(7-12)29-2)9-25(16-5-6-22-10-23-16)30(26,27)15-8-13(21)17(19)24-18(15)20/h3-8,10H,9H2,1-2H3. The molecule has 0 aliphatic heterocycles. The summed E-state index contributed by atoms with van der Waals surface area (Å²) in [5.74, 6) is -0.0761. The minimum atomic E-state index is -4.40. The van der Waals surface area contributed by atoms with E-state index in [4.69, 9.17) is 32.7 Å². The van der Waals surface area contributed by atoms with Crippen LogP contribution in [0.25, 0.3) is 0 Å². The molecular formula is C18H15Cl2FN4O4S. The van der Waals surface area contributed by atoms with E-state index in [2.05, 4.69) is 15.0 Å². The van der Waals surface area contributed by atoms with E-state index in [1.165, 1.54) is 32.8 Å². The summed E-state index contributed by atoms with van der Waals surface area (Å²) in [7, 11) is -1.46. The number of ether oxygens (including phenoxy) is 2. The number of benzene rings is 1. The average Bonchev–Trinajstić information content (AvgIpc) is 2.74. The number of methoxy groups -OCH3 is 2. The summed E-state index contributed by atoms with van der Waals surface area (Å²) in [6, 6.07) is 7.01. The molecule has 158 valence electrons. The van der Waals surface area contributed by atoms with Gasteiger partial charge in [-0.3, -0.25) is 0 Å². The summed E-state index contributed by atoms with van der Waals surface area (Å²) >= 11 is 11.6. The molecule has 2 aromatic heterocycles. The van der Waals surface area contributed by atoms with Crippen molar-refractivity contribution in [2.45, 2.75) is 11.4 Å². The molecule has 0 aliphatic rings. The van der Waals surface area contributed by atoms with Crippen LogP contribution in [-0.4, -0.2) is 37.6 Å². The first-order valence-corrected chi connectivity index (χ1v) is 10.5. The van der Waals surface area contributed by atoms with Crippen LogP contribution in [0.1, 0.15) is 5.56 Å². The zero-order valence-electron chi connectivity index (χ0n) is 15.7. The van der Waals surface area contributed by atoms with Crippen LogP contribution in [-0.2, 0) is 16.6 Å². The topological polar surface area (TPSA) is 94.5 Å². The van der Waals surface area contributed by atoms with Gasteiger partial charge < -0.3 is 9.47 Å². The van der Waals surface area contributed by atoms with E-state index in [1.54, 1.807) is 18.2 Å². The molecule has 0 saturated carbocycles. The Balaban J connectivity index is 2.14. The monoisotopic (exact) mass is 472 g/mol. The van der Waals surface area contributed by atoms with Gasteiger partial charge in [-0.1, -0.05) is 23.2 Å². The zero-order valence-corrected chi connectivity index (χ0v) is 18.0. The van der Waals surface area contributed by atoms with Crippen LogP contribution in [0.5, 0.6) is 11.5 Å². The first kappa shape index (κ1) is 22.0. The normalized spacial score (nSPS) is 11.2. The van der Waals surface area contributed by atoms with E-state index in [0.717, 1.165) is 4.31 Å². The molecule has 2 heterocycles. The zero-order chi connectivity index (χ0) is 21.9. The summed E-state index contributed by atoms with van der Waals surface area (Å²) in [6.45, 7) is -0.201. The molecule has 0 aliphatic carbocycles. The molecule has 0 amide bonds. The molecule has 0 atom stereocenters. The van der Waals surface area contributed by atoms with Crippen molar-refractivity contribution in [3.63, 3.8) is 0 Å². The van der Waals surface area contributed by atoms with Crippen molar-refractivity contribution >= 4 is 39.0 Å². The quantitative estimate of drug-likeness (QED) is 0.483. The van der Waals surface area contributed by atoms with Gasteiger partial charge in [0.1, 0.15) is 28.5 Å². The maximum Gasteiger partial charge on any atom is 0.268 e. The molecule has 0 N–H and O–H groups in total. The molecule has 0 unspecified atom stereocenters. The number of hydrogen-bond donors (Lipinski definition) is 0. The Labute approximate surface area is 182 Å². The first-order chi connectivity index (χ1) is 14.3. The molecule has 0 saturated heterocycles. The molecule has 1 aromatic carbocycles. The Morgan fingerprint density at radius 2 is 1.87 bits per heavy atom. The van der Waals surface area contributed by atoms with Crippen molar-refractivity contribution in [3.05, 3.63) is 64.5 Å². The Kier molecular flexibility index (Phi) is 6.59. The third-order valence-corrected chi connectivity index (χ3v) is 6.48. The number of hydrogen-bond acceptors (Lipinski definition) is 7. The number of aromatic nitrogens is 3. The van der Waals surface area contributed by atoms with Gasteiger partial charge in [0.2, 0.25) is 0 Å². The maximum absolute atomic E-state index is 14.0. The maximum atomic E-state index is 14.0. The summed E-state index contributed by atoms with van der Waals surface area (Å²) < 4.78 is 52.3. The Hall–Kier alpha value is -2.69. The third-order valence-electron chi connectivity index (χ3n) is 4.05. The van der Waals surface area contributed by atoms with Crippen molar-refractivity contribution in [2.24, 2.45) is 0 Å². The second kappa shape index (κ2) is 8.99. The van der Waals surface area contributed by atoms with Gasteiger partial charge in [-0.05, 0) is 12.1 Å². The SMILES string of the molecule is COc1ccc(CN(c2ccncn2)S(=O)(=O)c2cc(F)c(Cl)nc2Cl)c(OC)c1. The third kappa shape index (κ3) is 4.40. The average molecular weight is 473 g/mol. The number of sulfonamides is 1. The van der Waals surface area contributed by atoms with E-state index in [0.29, 0.717) is 23.1 Å². The smallest absolute Gasteiger partial charge is 0.268 e. The van der Waals surface area contributed by atoms with Crippen LogP contribution in [0.3, 0.4) is 0 Å². The largest absolute Gasteiger partial charge is 0.497 e.